The first kappa shape index (κ1) is 22.7. The molecule has 36 heavy (non-hydrogen) atoms. The van der Waals surface area contributed by atoms with Gasteiger partial charge in [0, 0.05) is 6.07 Å². The Balaban J connectivity index is 1.30. The number of urea groups is 1. The van der Waals surface area contributed by atoms with E-state index < -0.39 is 23.8 Å². The van der Waals surface area contributed by atoms with Crippen molar-refractivity contribution in [3.8, 4) is 17.2 Å². The lowest BCUT2D eigenvalue weighted by Crippen LogP contribution is -2.54. The molecule has 2 aliphatic rings. The minimum atomic E-state index is -0.999. The molecule has 1 saturated heterocycles. The maximum atomic E-state index is 13.1. The van der Waals surface area contributed by atoms with E-state index in [1.807, 2.05) is 0 Å². The topological polar surface area (TPSA) is 131 Å². The summed E-state index contributed by atoms with van der Waals surface area (Å²) in [4.78, 5) is 49.7. The molecule has 10 heteroatoms. The van der Waals surface area contributed by atoms with E-state index in [9.17, 15) is 19.2 Å². The van der Waals surface area contributed by atoms with Crippen LogP contribution in [0, 0.1) is 0 Å². The quantitative estimate of drug-likeness (QED) is 0.401. The summed E-state index contributed by atoms with van der Waals surface area (Å²) in [5.74, 6) is -1.14. The number of hydrogen-bond donors (Lipinski definition) is 2. The molecule has 0 aliphatic carbocycles. The van der Waals surface area contributed by atoms with Crippen LogP contribution in [0.1, 0.15) is 21.5 Å². The summed E-state index contributed by atoms with van der Waals surface area (Å²) in [5.41, 5.74) is 1.56. The molecule has 0 unspecified atom stereocenters. The number of aromatic carboxylic acids is 1. The van der Waals surface area contributed by atoms with E-state index in [4.69, 9.17) is 19.3 Å². The number of carboxylic acids is 1. The van der Waals surface area contributed by atoms with Gasteiger partial charge in [0.2, 0.25) is 6.79 Å². The van der Waals surface area contributed by atoms with Gasteiger partial charge in [-0.2, -0.15) is 0 Å². The van der Waals surface area contributed by atoms with Gasteiger partial charge in [0.25, 0.3) is 11.8 Å². The fourth-order valence-electron chi connectivity index (χ4n) is 3.65. The highest BCUT2D eigenvalue weighted by Crippen LogP contribution is 2.36. The lowest BCUT2D eigenvalue weighted by molar-refractivity contribution is -0.122. The molecule has 10 nitrogen and oxygen atoms in total. The highest BCUT2D eigenvalue weighted by Gasteiger charge is 2.37. The van der Waals surface area contributed by atoms with Gasteiger partial charge in [-0.25, -0.2) is 14.5 Å². The van der Waals surface area contributed by atoms with Crippen LogP contribution in [0.2, 0.25) is 0 Å². The molecule has 180 valence electrons. The van der Waals surface area contributed by atoms with Crippen LogP contribution in [-0.4, -0.2) is 35.7 Å². The van der Waals surface area contributed by atoms with Crippen molar-refractivity contribution >= 4 is 35.6 Å². The number of carbonyl (C=O) groups is 4. The van der Waals surface area contributed by atoms with Gasteiger partial charge < -0.3 is 19.3 Å². The zero-order valence-corrected chi connectivity index (χ0v) is 18.6. The van der Waals surface area contributed by atoms with Crippen molar-refractivity contribution in [2.45, 2.75) is 6.61 Å². The molecule has 3 aromatic carbocycles. The van der Waals surface area contributed by atoms with E-state index in [1.54, 1.807) is 42.5 Å². The lowest BCUT2D eigenvalue weighted by Gasteiger charge is -2.26. The van der Waals surface area contributed by atoms with Gasteiger partial charge in [0.05, 0.1) is 11.3 Å². The third kappa shape index (κ3) is 4.47. The van der Waals surface area contributed by atoms with Gasteiger partial charge in [0.15, 0.2) is 11.5 Å². The summed E-state index contributed by atoms with van der Waals surface area (Å²) >= 11 is 0. The SMILES string of the molecule is O=C1NC(=O)N(c2ccc3c(c2)OCO3)C(=O)/C1=C/c1ccc(OCc2ccc(C(=O)O)cc2)cc1. The number of amides is 4. The fourth-order valence-corrected chi connectivity index (χ4v) is 3.65. The zero-order valence-electron chi connectivity index (χ0n) is 18.6. The monoisotopic (exact) mass is 486 g/mol. The number of anilines is 1. The van der Waals surface area contributed by atoms with Crippen LogP contribution in [0.5, 0.6) is 17.2 Å². The lowest BCUT2D eigenvalue weighted by atomic mass is 10.1. The summed E-state index contributed by atoms with van der Waals surface area (Å²) < 4.78 is 16.3. The predicted molar refractivity (Wildman–Crippen MR) is 126 cm³/mol. The Hall–Kier alpha value is -5.12. The molecule has 2 heterocycles. The first-order valence-electron chi connectivity index (χ1n) is 10.8. The average Bonchev–Trinajstić information content (AvgIpc) is 3.34. The van der Waals surface area contributed by atoms with Crippen molar-refractivity contribution in [1.82, 2.24) is 5.32 Å². The molecule has 5 rings (SSSR count). The molecule has 3 aromatic rings. The molecule has 0 radical (unpaired) electrons. The van der Waals surface area contributed by atoms with Crippen LogP contribution >= 0.6 is 0 Å². The van der Waals surface area contributed by atoms with E-state index in [-0.39, 0.29) is 30.2 Å². The summed E-state index contributed by atoms with van der Waals surface area (Å²) in [6.07, 6.45) is 1.39. The van der Waals surface area contributed by atoms with Crippen molar-refractivity contribution < 1.29 is 38.5 Å². The Morgan fingerprint density at radius 2 is 1.69 bits per heavy atom. The van der Waals surface area contributed by atoms with Crippen molar-refractivity contribution in [3.63, 3.8) is 0 Å². The minimum absolute atomic E-state index is 0.0410. The Morgan fingerprint density at radius 1 is 0.972 bits per heavy atom. The Kier molecular flexibility index (Phi) is 5.83. The number of hydrogen-bond acceptors (Lipinski definition) is 7. The second kappa shape index (κ2) is 9.26. The number of carbonyl (C=O) groups excluding carboxylic acids is 3. The standard InChI is InChI=1S/C26H18N2O8/c29-23-20(24(30)28(26(33)27-23)18-7-10-21-22(12-18)36-14-35-21)11-15-3-8-19(9-4-15)34-13-16-1-5-17(6-2-16)25(31)32/h1-12H,13-14H2,(H,31,32)(H,27,29,33)/b20-11+. The highest BCUT2D eigenvalue weighted by molar-refractivity contribution is 6.39. The van der Waals surface area contributed by atoms with Crippen molar-refractivity contribution in [3.05, 3.63) is 89.0 Å². The van der Waals surface area contributed by atoms with Crippen molar-refractivity contribution in [2.24, 2.45) is 0 Å². The highest BCUT2D eigenvalue weighted by atomic mass is 16.7. The van der Waals surface area contributed by atoms with E-state index in [0.717, 1.165) is 10.5 Å². The number of nitrogens with one attached hydrogen (secondary N) is 1. The van der Waals surface area contributed by atoms with Crippen LogP contribution in [0.15, 0.2) is 72.3 Å². The van der Waals surface area contributed by atoms with E-state index in [2.05, 4.69) is 5.32 Å². The van der Waals surface area contributed by atoms with Crippen LogP contribution in [0.25, 0.3) is 6.08 Å². The first-order chi connectivity index (χ1) is 17.4. The summed E-state index contributed by atoms with van der Waals surface area (Å²) in [7, 11) is 0. The van der Waals surface area contributed by atoms with Crippen LogP contribution in [0.3, 0.4) is 0 Å². The summed E-state index contributed by atoms with van der Waals surface area (Å²) in [5, 5.41) is 11.2. The minimum Gasteiger partial charge on any atom is -0.489 e. The van der Waals surface area contributed by atoms with Gasteiger partial charge in [0.1, 0.15) is 17.9 Å². The third-order valence-electron chi connectivity index (χ3n) is 5.51. The third-order valence-corrected chi connectivity index (χ3v) is 5.51. The van der Waals surface area contributed by atoms with E-state index in [1.165, 1.54) is 30.3 Å². The van der Waals surface area contributed by atoms with Crippen LogP contribution < -0.4 is 24.4 Å². The summed E-state index contributed by atoms with van der Waals surface area (Å²) in [6.45, 7) is 0.271. The average molecular weight is 486 g/mol. The van der Waals surface area contributed by atoms with Crippen LogP contribution in [0.4, 0.5) is 10.5 Å². The molecule has 1 fully saturated rings. The molecule has 0 saturated carbocycles. The molecule has 0 spiro atoms. The molecule has 0 bridgehead atoms. The Morgan fingerprint density at radius 3 is 2.42 bits per heavy atom. The molecule has 4 amide bonds. The maximum Gasteiger partial charge on any atom is 0.335 e. The normalized spacial score (nSPS) is 15.7. The summed E-state index contributed by atoms with van der Waals surface area (Å²) in [6, 6.07) is 16.8. The number of carboxylic acid groups (broad SMARTS) is 1. The van der Waals surface area contributed by atoms with E-state index in [0.29, 0.717) is 22.8 Å². The number of fused-ring (bicyclic) bond motifs is 1. The predicted octanol–water partition coefficient (Wildman–Crippen LogP) is 3.36. The largest absolute Gasteiger partial charge is 0.489 e. The van der Waals surface area contributed by atoms with Crippen molar-refractivity contribution in [1.29, 1.82) is 0 Å². The number of benzene rings is 3. The van der Waals surface area contributed by atoms with Gasteiger partial charge in [-0.3, -0.25) is 14.9 Å². The molecular formula is C26H18N2O8. The Bertz CT molecular complexity index is 1410. The number of nitrogens with zero attached hydrogens (tertiary/aromatic N) is 1. The molecule has 2 N–H and O–H groups in total. The number of rotatable bonds is 6. The molecule has 2 aliphatic heterocycles. The molecule has 0 atom stereocenters. The zero-order chi connectivity index (χ0) is 25.2. The van der Waals surface area contributed by atoms with Gasteiger partial charge in [-0.1, -0.05) is 24.3 Å². The van der Waals surface area contributed by atoms with Gasteiger partial charge >= 0.3 is 12.0 Å². The first-order valence-corrected chi connectivity index (χ1v) is 10.8. The second-order valence-electron chi connectivity index (χ2n) is 7.86. The Labute approximate surface area is 204 Å². The van der Waals surface area contributed by atoms with Crippen molar-refractivity contribution in [2.75, 3.05) is 11.7 Å². The number of imide groups is 2. The maximum absolute atomic E-state index is 13.1. The van der Waals surface area contributed by atoms with Crippen LogP contribution in [-0.2, 0) is 16.2 Å². The number of ether oxygens (including phenoxy) is 3. The second-order valence-corrected chi connectivity index (χ2v) is 7.86. The smallest absolute Gasteiger partial charge is 0.335 e. The molecule has 0 aromatic heterocycles. The fraction of sp³-hybridized carbons (Fsp3) is 0.0769. The van der Waals surface area contributed by atoms with Gasteiger partial charge in [-0.05, 0) is 53.6 Å². The number of barbiturate groups is 1. The van der Waals surface area contributed by atoms with Gasteiger partial charge in [-0.15, -0.1) is 0 Å². The van der Waals surface area contributed by atoms with E-state index >= 15 is 0 Å². The molecular weight excluding hydrogens is 468 g/mol.